The third-order valence-electron chi connectivity index (χ3n) is 4.14. The molecule has 1 fully saturated rings. The van der Waals surface area contributed by atoms with Crippen LogP contribution < -0.4 is 10.6 Å². The lowest BCUT2D eigenvalue weighted by atomic mass is 9.91. The number of nitrogens with zero attached hydrogens (tertiary/aromatic N) is 1. The number of hydrogen-bond donors (Lipinski definition) is 2. The van der Waals surface area contributed by atoms with E-state index < -0.39 is 10.0 Å². The molecule has 1 saturated heterocycles. The molecule has 0 aromatic heterocycles. The highest BCUT2D eigenvalue weighted by Gasteiger charge is 2.16. The molecule has 128 valence electrons. The van der Waals surface area contributed by atoms with Crippen molar-refractivity contribution in [3.05, 3.63) is 35.4 Å². The fourth-order valence-electron chi connectivity index (χ4n) is 2.62. The van der Waals surface area contributed by atoms with Crippen molar-refractivity contribution < 1.29 is 13.2 Å². The van der Waals surface area contributed by atoms with Gasteiger partial charge >= 0.3 is 0 Å². The van der Waals surface area contributed by atoms with E-state index in [2.05, 4.69) is 10.6 Å². The molecule has 1 aromatic rings. The zero-order chi connectivity index (χ0) is 16.9. The number of benzene rings is 1. The first-order chi connectivity index (χ1) is 10.9. The minimum Gasteiger partial charge on any atom is -0.351 e. The quantitative estimate of drug-likeness (QED) is 0.803. The summed E-state index contributed by atoms with van der Waals surface area (Å²) in [6.45, 7) is 2.16. The van der Waals surface area contributed by atoms with Crippen molar-refractivity contribution in [1.82, 2.24) is 14.9 Å². The molecule has 0 bridgehead atoms. The maximum atomic E-state index is 12.1. The molecule has 0 radical (unpaired) electrons. The Morgan fingerprint density at radius 1 is 1.30 bits per heavy atom. The van der Waals surface area contributed by atoms with Crippen molar-refractivity contribution in [2.45, 2.75) is 18.8 Å². The highest BCUT2D eigenvalue weighted by Crippen LogP contribution is 2.23. The molecule has 7 heteroatoms. The number of nitrogens with one attached hydrogen (secondary N) is 2. The number of hydrogen-bond acceptors (Lipinski definition) is 4. The number of rotatable bonds is 6. The van der Waals surface area contributed by atoms with Crippen LogP contribution in [0.4, 0.5) is 0 Å². The monoisotopic (exact) mass is 339 g/mol. The van der Waals surface area contributed by atoms with Crippen molar-refractivity contribution in [1.29, 1.82) is 0 Å². The SMILES string of the molecule is CN(C)S(=O)(=O)CCNC(=O)c1ccc([C@@H]2CCCNC2)cc1. The summed E-state index contributed by atoms with van der Waals surface area (Å²) >= 11 is 0. The molecular weight excluding hydrogens is 314 g/mol. The van der Waals surface area contributed by atoms with Crippen molar-refractivity contribution in [3.8, 4) is 0 Å². The molecule has 1 aliphatic heterocycles. The summed E-state index contributed by atoms with van der Waals surface area (Å²) in [7, 11) is -0.321. The Labute approximate surface area is 138 Å². The third kappa shape index (κ3) is 5.02. The molecule has 2 N–H and O–H groups in total. The van der Waals surface area contributed by atoms with Gasteiger partial charge < -0.3 is 10.6 Å². The standard InChI is InChI=1S/C16H25N3O3S/c1-19(2)23(21,22)11-10-18-16(20)14-7-5-13(6-8-14)15-4-3-9-17-12-15/h5-8,15,17H,3-4,9-12H2,1-2H3,(H,18,20)/t15-/m1/s1. The molecule has 23 heavy (non-hydrogen) atoms. The number of piperidine rings is 1. The lowest BCUT2D eigenvalue weighted by molar-refractivity contribution is 0.0956. The average Bonchev–Trinajstić information content (AvgIpc) is 2.55. The van der Waals surface area contributed by atoms with E-state index in [0.717, 1.165) is 17.4 Å². The predicted molar refractivity (Wildman–Crippen MR) is 91.1 cm³/mol. The third-order valence-corrected chi connectivity index (χ3v) is 5.98. The lowest BCUT2D eigenvalue weighted by Crippen LogP contribution is -2.33. The molecule has 1 atom stereocenters. The van der Waals surface area contributed by atoms with Crippen LogP contribution in [0.15, 0.2) is 24.3 Å². The fraction of sp³-hybridized carbons (Fsp3) is 0.562. The van der Waals surface area contributed by atoms with Crippen molar-refractivity contribution in [2.24, 2.45) is 0 Å². The Hall–Kier alpha value is -1.44. The summed E-state index contributed by atoms with van der Waals surface area (Å²) in [4.78, 5) is 12.1. The fourth-order valence-corrected chi connectivity index (χ4v) is 3.35. The van der Waals surface area contributed by atoms with Crippen LogP contribution in [0.5, 0.6) is 0 Å². The largest absolute Gasteiger partial charge is 0.351 e. The molecular formula is C16H25N3O3S. The predicted octanol–water partition coefficient (Wildman–Crippen LogP) is 0.775. The van der Waals surface area contributed by atoms with E-state index in [1.54, 1.807) is 12.1 Å². The van der Waals surface area contributed by atoms with Crippen LogP contribution in [-0.2, 0) is 10.0 Å². The first-order valence-corrected chi connectivity index (χ1v) is 9.50. The number of carbonyl (C=O) groups excluding carboxylic acids is 1. The van der Waals surface area contributed by atoms with Gasteiger partial charge in [-0.3, -0.25) is 4.79 Å². The molecule has 0 saturated carbocycles. The van der Waals surface area contributed by atoms with Crippen LogP contribution in [0.3, 0.4) is 0 Å². The Kier molecular flexibility index (Phi) is 6.15. The first kappa shape index (κ1) is 17.9. The van der Waals surface area contributed by atoms with Gasteiger partial charge in [0, 0.05) is 32.7 Å². The van der Waals surface area contributed by atoms with Gasteiger partial charge in [0.1, 0.15) is 0 Å². The zero-order valence-electron chi connectivity index (χ0n) is 13.7. The van der Waals surface area contributed by atoms with E-state index in [0.29, 0.717) is 11.5 Å². The number of amides is 1. The molecule has 2 rings (SSSR count). The van der Waals surface area contributed by atoms with E-state index in [1.165, 1.54) is 32.5 Å². The Bertz CT molecular complexity index is 620. The molecule has 0 spiro atoms. The van der Waals surface area contributed by atoms with Crippen LogP contribution in [0.1, 0.15) is 34.7 Å². The van der Waals surface area contributed by atoms with E-state index in [4.69, 9.17) is 0 Å². The highest BCUT2D eigenvalue weighted by atomic mass is 32.2. The van der Waals surface area contributed by atoms with Gasteiger partial charge in [0.15, 0.2) is 0 Å². The van der Waals surface area contributed by atoms with Gasteiger partial charge in [0.25, 0.3) is 5.91 Å². The van der Waals surface area contributed by atoms with E-state index in [9.17, 15) is 13.2 Å². The molecule has 1 aromatic carbocycles. The molecule has 0 aliphatic carbocycles. The van der Waals surface area contributed by atoms with Gasteiger partial charge in [-0.25, -0.2) is 12.7 Å². The molecule has 1 amide bonds. The summed E-state index contributed by atoms with van der Waals surface area (Å²) in [5, 5.41) is 6.03. The Morgan fingerprint density at radius 3 is 2.57 bits per heavy atom. The normalized spacial score (nSPS) is 18.8. The van der Waals surface area contributed by atoms with E-state index in [1.807, 2.05) is 12.1 Å². The van der Waals surface area contributed by atoms with Crippen LogP contribution in [0, 0.1) is 0 Å². The van der Waals surface area contributed by atoms with Gasteiger partial charge in [-0.1, -0.05) is 12.1 Å². The van der Waals surface area contributed by atoms with Crippen molar-refractivity contribution in [2.75, 3.05) is 39.5 Å². The van der Waals surface area contributed by atoms with Gasteiger partial charge in [-0.05, 0) is 43.0 Å². The highest BCUT2D eigenvalue weighted by molar-refractivity contribution is 7.89. The maximum absolute atomic E-state index is 12.1. The second-order valence-electron chi connectivity index (χ2n) is 6.02. The Morgan fingerprint density at radius 2 is 2.00 bits per heavy atom. The topological polar surface area (TPSA) is 78.5 Å². The summed E-state index contributed by atoms with van der Waals surface area (Å²) < 4.78 is 24.4. The first-order valence-electron chi connectivity index (χ1n) is 7.89. The van der Waals surface area contributed by atoms with E-state index >= 15 is 0 Å². The maximum Gasteiger partial charge on any atom is 0.251 e. The second-order valence-corrected chi connectivity index (χ2v) is 8.32. The average molecular weight is 339 g/mol. The number of carbonyl (C=O) groups is 1. The smallest absolute Gasteiger partial charge is 0.251 e. The zero-order valence-corrected chi connectivity index (χ0v) is 14.5. The van der Waals surface area contributed by atoms with Gasteiger partial charge in [0.05, 0.1) is 5.75 Å². The van der Waals surface area contributed by atoms with Crippen molar-refractivity contribution >= 4 is 15.9 Å². The van der Waals surface area contributed by atoms with Gasteiger partial charge in [-0.2, -0.15) is 0 Å². The molecule has 1 heterocycles. The Balaban J connectivity index is 1.87. The number of sulfonamides is 1. The minimum atomic E-state index is -3.29. The molecule has 0 unspecified atom stereocenters. The summed E-state index contributed by atoms with van der Waals surface area (Å²) in [6, 6.07) is 7.59. The molecule has 1 aliphatic rings. The second kappa shape index (κ2) is 7.90. The van der Waals surface area contributed by atoms with Crippen LogP contribution in [0.2, 0.25) is 0 Å². The van der Waals surface area contributed by atoms with Gasteiger partial charge in [-0.15, -0.1) is 0 Å². The van der Waals surface area contributed by atoms with Crippen LogP contribution in [0.25, 0.3) is 0 Å². The lowest BCUT2D eigenvalue weighted by Gasteiger charge is -2.23. The van der Waals surface area contributed by atoms with Crippen LogP contribution in [-0.4, -0.2) is 58.1 Å². The van der Waals surface area contributed by atoms with E-state index in [-0.39, 0.29) is 18.2 Å². The molecule has 6 nitrogen and oxygen atoms in total. The summed E-state index contributed by atoms with van der Waals surface area (Å²) in [5.41, 5.74) is 1.80. The minimum absolute atomic E-state index is 0.0996. The summed E-state index contributed by atoms with van der Waals surface area (Å²) in [5.74, 6) is 0.163. The van der Waals surface area contributed by atoms with Crippen LogP contribution >= 0.6 is 0 Å². The van der Waals surface area contributed by atoms with Crippen molar-refractivity contribution in [3.63, 3.8) is 0 Å². The summed E-state index contributed by atoms with van der Waals surface area (Å²) in [6.07, 6.45) is 2.34. The van der Waals surface area contributed by atoms with Gasteiger partial charge in [0.2, 0.25) is 10.0 Å².